The molecule has 1 aliphatic rings. The van der Waals surface area contributed by atoms with Crippen LogP contribution in [0.5, 0.6) is 0 Å². The molecule has 0 spiro atoms. The number of aryl methyl sites for hydroxylation is 1. The van der Waals surface area contributed by atoms with Crippen LogP contribution in [0.2, 0.25) is 0 Å². The lowest BCUT2D eigenvalue weighted by atomic mass is 9.97. The Morgan fingerprint density at radius 2 is 1.86 bits per heavy atom. The minimum atomic E-state index is -0.323. The Kier molecular flexibility index (Phi) is 4.12. The molecule has 1 amide bonds. The maximum absolute atomic E-state index is 14.0. The van der Waals surface area contributed by atoms with E-state index in [4.69, 9.17) is 0 Å². The van der Waals surface area contributed by atoms with Crippen molar-refractivity contribution < 1.29 is 9.18 Å². The Morgan fingerprint density at radius 1 is 1.07 bits per heavy atom. The number of pyridine rings is 1. The summed E-state index contributed by atoms with van der Waals surface area (Å²) in [5, 5.41) is 0. The summed E-state index contributed by atoms with van der Waals surface area (Å²) in [5.74, 6) is 0.469. The van der Waals surface area contributed by atoms with Crippen molar-refractivity contribution in [3.63, 3.8) is 0 Å². The van der Waals surface area contributed by atoms with E-state index in [9.17, 15) is 9.18 Å². The third kappa shape index (κ3) is 2.88. The normalized spacial score (nSPS) is 13.3. The van der Waals surface area contributed by atoms with Gasteiger partial charge in [-0.15, -0.1) is 0 Å². The van der Waals surface area contributed by atoms with Gasteiger partial charge in [-0.05, 0) is 41.0 Å². The van der Waals surface area contributed by atoms with Gasteiger partial charge in [-0.2, -0.15) is 0 Å². The number of carbonyl (C=O) groups excluding carboxylic acids is 1. The zero-order valence-corrected chi connectivity index (χ0v) is 16.0. The highest BCUT2D eigenvalue weighted by Crippen LogP contribution is 2.32. The van der Waals surface area contributed by atoms with Crippen molar-refractivity contribution in [1.29, 1.82) is 0 Å². The molecule has 2 aromatic carbocycles. The first-order valence-corrected chi connectivity index (χ1v) is 9.55. The standard InChI is InChI=1S/C23H19FN4O/c1-27-19-7-3-6-18(24)22(19)26-20(27)10-13-28-14-16-4-2-5-17(21(16)23(28)29)15-8-11-25-12-9-15/h2-9,11-12H,10,13-14H2,1H3. The minimum Gasteiger partial charge on any atom is -0.334 e. The van der Waals surface area contributed by atoms with Crippen LogP contribution < -0.4 is 0 Å². The van der Waals surface area contributed by atoms with E-state index in [0.717, 1.165) is 33.6 Å². The summed E-state index contributed by atoms with van der Waals surface area (Å²) in [6, 6.07) is 14.8. The number of halogens is 1. The Bertz CT molecular complexity index is 1230. The van der Waals surface area contributed by atoms with Gasteiger partial charge >= 0.3 is 0 Å². The Balaban J connectivity index is 1.41. The van der Waals surface area contributed by atoms with Gasteiger partial charge in [0.2, 0.25) is 0 Å². The Morgan fingerprint density at radius 3 is 2.66 bits per heavy atom. The number of fused-ring (bicyclic) bond motifs is 2. The van der Waals surface area contributed by atoms with Gasteiger partial charge < -0.3 is 9.47 Å². The van der Waals surface area contributed by atoms with Crippen LogP contribution in [0.25, 0.3) is 22.2 Å². The summed E-state index contributed by atoms with van der Waals surface area (Å²) < 4.78 is 15.9. The van der Waals surface area contributed by atoms with Gasteiger partial charge in [0, 0.05) is 39.0 Å². The molecule has 4 aromatic rings. The van der Waals surface area contributed by atoms with Crippen LogP contribution in [-0.4, -0.2) is 31.9 Å². The predicted molar refractivity (Wildman–Crippen MR) is 109 cm³/mol. The summed E-state index contributed by atoms with van der Waals surface area (Å²) in [6.07, 6.45) is 4.03. The zero-order valence-electron chi connectivity index (χ0n) is 16.0. The number of rotatable bonds is 4. The topological polar surface area (TPSA) is 51.0 Å². The third-order valence-electron chi connectivity index (χ3n) is 5.56. The lowest BCUT2D eigenvalue weighted by Gasteiger charge is -2.15. The summed E-state index contributed by atoms with van der Waals surface area (Å²) in [4.78, 5) is 23.5. The number of amides is 1. The number of hydrogen-bond donors (Lipinski definition) is 0. The van der Waals surface area contributed by atoms with Crippen LogP contribution >= 0.6 is 0 Å². The summed E-state index contributed by atoms with van der Waals surface area (Å²) in [7, 11) is 1.88. The zero-order chi connectivity index (χ0) is 20.0. The summed E-state index contributed by atoms with van der Waals surface area (Å²) >= 11 is 0. The molecule has 0 fully saturated rings. The third-order valence-corrected chi connectivity index (χ3v) is 5.56. The highest BCUT2D eigenvalue weighted by molar-refractivity contribution is 6.04. The van der Waals surface area contributed by atoms with E-state index in [2.05, 4.69) is 9.97 Å². The molecule has 0 saturated carbocycles. The van der Waals surface area contributed by atoms with Crippen LogP contribution in [0.1, 0.15) is 21.7 Å². The van der Waals surface area contributed by atoms with E-state index in [0.29, 0.717) is 25.0 Å². The predicted octanol–water partition coefficient (Wildman–Crippen LogP) is 3.97. The fourth-order valence-corrected chi connectivity index (χ4v) is 4.06. The average Bonchev–Trinajstić information content (AvgIpc) is 3.25. The molecule has 0 aliphatic carbocycles. The second-order valence-corrected chi connectivity index (χ2v) is 7.25. The molecule has 0 bridgehead atoms. The molecule has 29 heavy (non-hydrogen) atoms. The van der Waals surface area contributed by atoms with Gasteiger partial charge in [-0.25, -0.2) is 9.37 Å². The van der Waals surface area contributed by atoms with Crippen molar-refractivity contribution in [2.75, 3.05) is 6.54 Å². The van der Waals surface area contributed by atoms with Gasteiger partial charge in [0.25, 0.3) is 5.91 Å². The van der Waals surface area contributed by atoms with E-state index < -0.39 is 0 Å². The van der Waals surface area contributed by atoms with Gasteiger partial charge in [-0.1, -0.05) is 24.3 Å². The van der Waals surface area contributed by atoms with Gasteiger partial charge in [-0.3, -0.25) is 9.78 Å². The maximum atomic E-state index is 14.0. The molecule has 1 aliphatic heterocycles. The number of benzene rings is 2. The van der Waals surface area contributed by atoms with Crippen LogP contribution in [0.3, 0.4) is 0 Å². The maximum Gasteiger partial charge on any atom is 0.255 e. The lowest BCUT2D eigenvalue weighted by molar-refractivity contribution is 0.0780. The van der Waals surface area contributed by atoms with Crippen molar-refractivity contribution in [3.8, 4) is 11.1 Å². The summed E-state index contributed by atoms with van der Waals surface area (Å²) in [5.41, 5.74) is 4.84. The number of aromatic nitrogens is 3. The first-order chi connectivity index (χ1) is 14.1. The highest BCUT2D eigenvalue weighted by Gasteiger charge is 2.30. The van der Waals surface area contributed by atoms with Gasteiger partial charge in [0.15, 0.2) is 5.82 Å². The van der Waals surface area contributed by atoms with Crippen molar-refractivity contribution in [3.05, 3.63) is 83.7 Å². The molecular formula is C23H19FN4O. The molecule has 0 N–H and O–H groups in total. The average molecular weight is 386 g/mol. The molecule has 5 rings (SSSR count). The van der Waals surface area contributed by atoms with Crippen molar-refractivity contribution in [2.24, 2.45) is 7.05 Å². The van der Waals surface area contributed by atoms with E-state index in [1.54, 1.807) is 18.5 Å². The fourth-order valence-electron chi connectivity index (χ4n) is 4.06. The number of nitrogens with zero attached hydrogens (tertiary/aromatic N) is 4. The largest absolute Gasteiger partial charge is 0.334 e. The van der Waals surface area contributed by atoms with Crippen molar-refractivity contribution >= 4 is 16.9 Å². The minimum absolute atomic E-state index is 0.0253. The fraction of sp³-hybridized carbons (Fsp3) is 0.174. The second kappa shape index (κ2) is 6.81. The van der Waals surface area contributed by atoms with Crippen LogP contribution in [0.15, 0.2) is 60.9 Å². The van der Waals surface area contributed by atoms with Crippen LogP contribution in [0.4, 0.5) is 4.39 Å². The molecular weight excluding hydrogens is 367 g/mol. The molecule has 3 heterocycles. The smallest absolute Gasteiger partial charge is 0.255 e. The van der Waals surface area contributed by atoms with Crippen LogP contribution in [-0.2, 0) is 20.0 Å². The number of carbonyl (C=O) groups is 1. The highest BCUT2D eigenvalue weighted by atomic mass is 19.1. The molecule has 0 atom stereocenters. The lowest BCUT2D eigenvalue weighted by Crippen LogP contribution is -2.27. The summed E-state index contributed by atoms with van der Waals surface area (Å²) in [6.45, 7) is 1.10. The molecule has 5 nitrogen and oxygen atoms in total. The van der Waals surface area contributed by atoms with Crippen LogP contribution in [0, 0.1) is 5.82 Å². The molecule has 0 unspecified atom stereocenters. The quantitative estimate of drug-likeness (QED) is 0.533. The van der Waals surface area contributed by atoms with Crippen molar-refractivity contribution in [2.45, 2.75) is 13.0 Å². The second-order valence-electron chi connectivity index (χ2n) is 7.25. The van der Waals surface area contributed by atoms with E-state index in [-0.39, 0.29) is 11.7 Å². The molecule has 0 radical (unpaired) electrons. The number of para-hydroxylation sites is 1. The van der Waals surface area contributed by atoms with Gasteiger partial charge in [0.1, 0.15) is 11.3 Å². The molecule has 0 saturated heterocycles. The first-order valence-electron chi connectivity index (χ1n) is 9.55. The van der Waals surface area contributed by atoms with E-state index in [1.165, 1.54) is 6.07 Å². The van der Waals surface area contributed by atoms with Gasteiger partial charge in [0.05, 0.1) is 11.1 Å². The molecule has 2 aromatic heterocycles. The van der Waals surface area contributed by atoms with Crippen molar-refractivity contribution in [1.82, 2.24) is 19.4 Å². The monoisotopic (exact) mass is 386 g/mol. The van der Waals surface area contributed by atoms with E-state index >= 15 is 0 Å². The SMILES string of the molecule is Cn1c(CCN2Cc3cccc(-c4ccncc4)c3C2=O)nc2c(F)cccc21. The molecule has 6 heteroatoms. The van der Waals surface area contributed by atoms with E-state index in [1.807, 2.05) is 52.9 Å². The Hall–Kier alpha value is -3.54. The first kappa shape index (κ1) is 17.6. The number of hydrogen-bond acceptors (Lipinski definition) is 3. The Labute approximate surface area is 167 Å². The molecule has 144 valence electrons. The number of imidazole rings is 1.